The first-order chi connectivity index (χ1) is 13.0. The van der Waals surface area contributed by atoms with E-state index in [0.29, 0.717) is 31.7 Å². The molecule has 8 heteroatoms. The molecule has 1 atom stereocenters. The van der Waals surface area contributed by atoms with E-state index in [0.717, 1.165) is 38.0 Å². The number of benzene rings is 1. The molecule has 27 heavy (non-hydrogen) atoms. The Balaban J connectivity index is 1.44. The molecular formula is C19H27N5O3. The number of rotatable bonds is 6. The van der Waals surface area contributed by atoms with Gasteiger partial charge in [-0.15, -0.1) is 0 Å². The zero-order valence-electron chi connectivity index (χ0n) is 15.4. The molecule has 0 aromatic heterocycles. The number of amides is 4. The van der Waals surface area contributed by atoms with E-state index in [1.165, 1.54) is 0 Å². The van der Waals surface area contributed by atoms with Gasteiger partial charge in [0.05, 0.1) is 5.92 Å². The summed E-state index contributed by atoms with van der Waals surface area (Å²) in [5.74, 6) is -0.224. The predicted molar refractivity (Wildman–Crippen MR) is 103 cm³/mol. The average Bonchev–Trinajstić information content (AvgIpc) is 3.08. The van der Waals surface area contributed by atoms with Gasteiger partial charge in [0.15, 0.2) is 0 Å². The van der Waals surface area contributed by atoms with Gasteiger partial charge in [-0.1, -0.05) is 6.07 Å². The largest absolute Gasteiger partial charge is 0.369 e. The zero-order valence-corrected chi connectivity index (χ0v) is 15.4. The second-order valence-electron chi connectivity index (χ2n) is 7.12. The number of carbonyl (C=O) groups is 3. The molecule has 2 fully saturated rings. The molecule has 2 aliphatic rings. The third-order valence-corrected chi connectivity index (χ3v) is 5.11. The number of piperidine rings is 1. The molecule has 146 valence electrons. The van der Waals surface area contributed by atoms with Crippen LogP contribution in [0.4, 0.5) is 16.2 Å². The molecule has 0 saturated carbocycles. The molecule has 3 rings (SSSR count). The van der Waals surface area contributed by atoms with Gasteiger partial charge < -0.3 is 26.2 Å². The van der Waals surface area contributed by atoms with Crippen LogP contribution in [-0.2, 0) is 9.59 Å². The van der Waals surface area contributed by atoms with Crippen LogP contribution in [0.1, 0.15) is 25.7 Å². The van der Waals surface area contributed by atoms with Crippen LogP contribution in [0.15, 0.2) is 24.3 Å². The summed E-state index contributed by atoms with van der Waals surface area (Å²) >= 11 is 0. The molecule has 1 unspecified atom stereocenters. The monoisotopic (exact) mass is 373 g/mol. The van der Waals surface area contributed by atoms with Crippen LogP contribution < -0.4 is 21.3 Å². The van der Waals surface area contributed by atoms with E-state index >= 15 is 0 Å². The molecule has 2 saturated heterocycles. The van der Waals surface area contributed by atoms with E-state index in [4.69, 9.17) is 5.73 Å². The fraction of sp³-hybridized carbons (Fsp3) is 0.526. The van der Waals surface area contributed by atoms with E-state index in [-0.39, 0.29) is 23.8 Å². The van der Waals surface area contributed by atoms with E-state index in [1.807, 2.05) is 18.2 Å². The van der Waals surface area contributed by atoms with Crippen molar-refractivity contribution in [2.45, 2.75) is 25.7 Å². The number of nitrogens with two attached hydrogens (primary N) is 1. The first kappa shape index (κ1) is 19.2. The van der Waals surface area contributed by atoms with Crippen molar-refractivity contribution >= 4 is 29.2 Å². The summed E-state index contributed by atoms with van der Waals surface area (Å²) in [5.41, 5.74) is 6.84. The Hall–Kier alpha value is -2.61. The van der Waals surface area contributed by atoms with E-state index in [9.17, 15) is 14.4 Å². The van der Waals surface area contributed by atoms with Crippen LogP contribution in [0.5, 0.6) is 0 Å². The Kier molecular flexibility index (Phi) is 6.28. The highest BCUT2D eigenvalue weighted by Gasteiger charge is 2.24. The lowest BCUT2D eigenvalue weighted by molar-refractivity contribution is -0.123. The minimum Gasteiger partial charge on any atom is -0.369 e. The van der Waals surface area contributed by atoms with E-state index < -0.39 is 0 Å². The van der Waals surface area contributed by atoms with Crippen molar-refractivity contribution in [2.24, 2.45) is 11.7 Å². The smallest absolute Gasteiger partial charge is 0.319 e. The molecule has 0 bridgehead atoms. The van der Waals surface area contributed by atoms with Crippen molar-refractivity contribution in [2.75, 3.05) is 42.9 Å². The molecule has 2 aliphatic heterocycles. The SMILES string of the molecule is NC(=O)C1CCCN(CCNC(=O)Nc2cccc(N3CCCC3=O)c2)C1. The van der Waals surface area contributed by atoms with Gasteiger partial charge >= 0.3 is 6.03 Å². The van der Waals surface area contributed by atoms with Crippen molar-refractivity contribution in [3.05, 3.63) is 24.3 Å². The van der Waals surface area contributed by atoms with Crippen molar-refractivity contribution in [1.82, 2.24) is 10.2 Å². The Morgan fingerprint density at radius 1 is 1.22 bits per heavy atom. The maximum atomic E-state index is 12.1. The predicted octanol–water partition coefficient (Wildman–Crippen LogP) is 1.13. The Labute approximate surface area is 159 Å². The summed E-state index contributed by atoms with van der Waals surface area (Å²) in [4.78, 5) is 39.2. The molecule has 0 spiro atoms. The van der Waals surface area contributed by atoms with Gasteiger partial charge in [0.2, 0.25) is 11.8 Å². The second kappa shape index (κ2) is 8.85. The van der Waals surface area contributed by atoms with Gasteiger partial charge in [-0.3, -0.25) is 9.59 Å². The molecule has 1 aromatic rings. The van der Waals surface area contributed by atoms with Crippen LogP contribution in [0.3, 0.4) is 0 Å². The first-order valence-corrected chi connectivity index (χ1v) is 9.50. The molecule has 1 aromatic carbocycles. The maximum Gasteiger partial charge on any atom is 0.319 e. The second-order valence-corrected chi connectivity index (χ2v) is 7.12. The van der Waals surface area contributed by atoms with E-state index in [2.05, 4.69) is 15.5 Å². The van der Waals surface area contributed by atoms with Crippen molar-refractivity contribution in [1.29, 1.82) is 0 Å². The van der Waals surface area contributed by atoms with Gasteiger partial charge in [0.25, 0.3) is 0 Å². The highest BCUT2D eigenvalue weighted by Crippen LogP contribution is 2.24. The number of urea groups is 1. The van der Waals surface area contributed by atoms with Crippen LogP contribution in [0, 0.1) is 5.92 Å². The Bertz CT molecular complexity index is 708. The minimum atomic E-state index is -0.289. The lowest BCUT2D eigenvalue weighted by Gasteiger charge is -2.31. The van der Waals surface area contributed by atoms with Gasteiger partial charge in [-0.05, 0) is 44.0 Å². The van der Waals surface area contributed by atoms with E-state index in [1.54, 1.807) is 11.0 Å². The molecule has 0 aliphatic carbocycles. The fourth-order valence-corrected chi connectivity index (χ4v) is 3.67. The number of nitrogens with one attached hydrogen (secondary N) is 2. The summed E-state index contributed by atoms with van der Waals surface area (Å²) in [7, 11) is 0. The molecule has 4 amide bonds. The minimum absolute atomic E-state index is 0.0939. The number of primary amides is 1. The Morgan fingerprint density at radius 2 is 2.07 bits per heavy atom. The van der Waals surface area contributed by atoms with Crippen LogP contribution >= 0.6 is 0 Å². The lowest BCUT2D eigenvalue weighted by atomic mass is 9.97. The highest BCUT2D eigenvalue weighted by atomic mass is 16.2. The maximum absolute atomic E-state index is 12.1. The third kappa shape index (κ3) is 5.19. The zero-order chi connectivity index (χ0) is 19.2. The molecular weight excluding hydrogens is 346 g/mol. The summed E-state index contributed by atoms with van der Waals surface area (Å²) in [5, 5.41) is 5.64. The van der Waals surface area contributed by atoms with Crippen molar-refractivity contribution in [3.8, 4) is 0 Å². The van der Waals surface area contributed by atoms with Gasteiger partial charge in [0.1, 0.15) is 0 Å². The molecule has 0 radical (unpaired) electrons. The lowest BCUT2D eigenvalue weighted by Crippen LogP contribution is -2.44. The standard InChI is InChI=1S/C19H27N5O3/c20-18(26)14-4-2-9-23(13-14)11-8-21-19(27)22-15-5-1-6-16(12-15)24-10-3-7-17(24)25/h1,5-6,12,14H,2-4,7-11,13H2,(H2,20,26)(H2,21,22,27). The summed E-state index contributed by atoms with van der Waals surface area (Å²) in [6.45, 7) is 3.46. The Morgan fingerprint density at radius 3 is 2.81 bits per heavy atom. The summed E-state index contributed by atoms with van der Waals surface area (Å²) < 4.78 is 0. The number of hydrogen-bond acceptors (Lipinski definition) is 4. The van der Waals surface area contributed by atoms with Crippen LogP contribution in [-0.4, -0.2) is 55.5 Å². The molecule has 8 nitrogen and oxygen atoms in total. The summed E-state index contributed by atoms with van der Waals surface area (Å²) in [6.07, 6.45) is 3.23. The fourth-order valence-electron chi connectivity index (χ4n) is 3.67. The highest BCUT2D eigenvalue weighted by molar-refractivity contribution is 5.96. The normalized spacial score (nSPS) is 20.5. The van der Waals surface area contributed by atoms with Crippen molar-refractivity contribution < 1.29 is 14.4 Å². The summed E-state index contributed by atoms with van der Waals surface area (Å²) in [6, 6.07) is 7.02. The third-order valence-electron chi connectivity index (χ3n) is 5.11. The van der Waals surface area contributed by atoms with Gasteiger partial charge in [-0.25, -0.2) is 4.79 Å². The quantitative estimate of drug-likeness (QED) is 0.695. The first-order valence-electron chi connectivity index (χ1n) is 9.50. The number of hydrogen-bond donors (Lipinski definition) is 3. The number of nitrogens with zero attached hydrogens (tertiary/aromatic N) is 2. The number of likely N-dealkylation sites (tertiary alicyclic amines) is 1. The average molecular weight is 373 g/mol. The molecule has 2 heterocycles. The van der Waals surface area contributed by atoms with Crippen LogP contribution in [0.2, 0.25) is 0 Å². The topological polar surface area (TPSA) is 108 Å². The number of carbonyl (C=O) groups excluding carboxylic acids is 3. The molecule has 4 N–H and O–H groups in total. The number of anilines is 2. The van der Waals surface area contributed by atoms with Crippen LogP contribution in [0.25, 0.3) is 0 Å². The van der Waals surface area contributed by atoms with Gasteiger partial charge in [-0.2, -0.15) is 0 Å². The van der Waals surface area contributed by atoms with Gasteiger partial charge in [0, 0.05) is 44.0 Å². The van der Waals surface area contributed by atoms with Crippen molar-refractivity contribution in [3.63, 3.8) is 0 Å².